The Labute approximate surface area is 337 Å². The van der Waals surface area contributed by atoms with E-state index in [9.17, 15) is 27.6 Å². The number of ether oxygens (including phenoxy) is 2. The molecule has 3 aliphatic heterocycles. The summed E-state index contributed by atoms with van der Waals surface area (Å²) in [7, 11) is -2.37. The number of nitrogens with one attached hydrogen (secondary N) is 3. The third-order valence-corrected chi connectivity index (χ3v) is 15.9. The van der Waals surface area contributed by atoms with Crippen LogP contribution < -0.4 is 24.8 Å². The Morgan fingerprint density at radius 3 is 2.65 bits per heavy atom. The van der Waals surface area contributed by atoms with Crippen molar-refractivity contribution in [3.63, 3.8) is 0 Å². The molecule has 5 heterocycles. The van der Waals surface area contributed by atoms with Gasteiger partial charge in [0.05, 0.1) is 34.5 Å². The maximum Gasteiger partial charge on any atom is 0.262 e. The normalized spacial score (nSPS) is 28.2. The summed E-state index contributed by atoms with van der Waals surface area (Å²) in [5.74, 6) is -1.18. The van der Waals surface area contributed by atoms with Gasteiger partial charge in [0.1, 0.15) is 34.7 Å². The number of allylic oxidation sites excluding steroid dienone is 1. The van der Waals surface area contributed by atoms with Gasteiger partial charge in [0, 0.05) is 23.3 Å². The van der Waals surface area contributed by atoms with Crippen molar-refractivity contribution in [1.82, 2.24) is 25.2 Å². The van der Waals surface area contributed by atoms with E-state index >= 15 is 0 Å². The highest BCUT2D eigenvalue weighted by Gasteiger charge is 2.64. The summed E-state index contributed by atoms with van der Waals surface area (Å²) in [6, 6.07) is 5.57. The topological polar surface area (TPSA) is 173 Å². The molecule has 8 rings (SSSR count). The van der Waals surface area contributed by atoms with Crippen LogP contribution in [-0.2, 0) is 37.2 Å². The number of fused-ring (bicyclic) bond motifs is 5. The highest BCUT2D eigenvalue weighted by molar-refractivity contribution is 7.91. The van der Waals surface area contributed by atoms with Crippen LogP contribution in [0.4, 0.5) is 0 Å². The number of amides is 4. The molecule has 2 aromatic heterocycles. The molecular weight excluding hydrogens is 767 g/mol. The van der Waals surface area contributed by atoms with E-state index < -0.39 is 61.6 Å². The molecule has 2 aliphatic carbocycles. The Balaban J connectivity index is 1.15. The van der Waals surface area contributed by atoms with E-state index in [0.717, 1.165) is 40.6 Å². The number of hydrogen-bond donors (Lipinski definition) is 3. The fourth-order valence-electron chi connectivity index (χ4n) is 8.72. The van der Waals surface area contributed by atoms with Gasteiger partial charge in [0.25, 0.3) is 11.8 Å². The first-order valence-electron chi connectivity index (χ1n) is 20.1. The third kappa shape index (κ3) is 7.30. The van der Waals surface area contributed by atoms with Gasteiger partial charge >= 0.3 is 0 Å². The number of thiophene rings is 1. The molecule has 13 nitrogen and oxygen atoms in total. The fourth-order valence-corrected chi connectivity index (χ4v) is 10.8. The molecular formula is C42H51N5O8S2. The van der Waals surface area contributed by atoms with Crippen LogP contribution in [0.25, 0.3) is 10.9 Å². The predicted octanol–water partition coefficient (Wildman–Crippen LogP) is 5.03. The van der Waals surface area contributed by atoms with Gasteiger partial charge in [-0.05, 0) is 107 Å². The lowest BCUT2D eigenvalue weighted by Crippen LogP contribution is -2.58. The molecule has 2 saturated carbocycles. The monoisotopic (exact) mass is 817 g/mol. The first-order valence-corrected chi connectivity index (χ1v) is 22.5. The number of aryl methyl sites for hydroxylation is 3. The number of sulfonamides is 1. The Kier molecular flexibility index (Phi) is 10.1. The minimum Gasteiger partial charge on any atom is -0.497 e. The van der Waals surface area contributed by atoms with Crippen molar-refractivity contribution >= 4 is 55.9 Å². The molecule has 3 aromatic rings. The van der Waals surface area contributed by atoms with Crippen molar-refractivity contribution in [1.29, 1.82) is 0 Å². The Morgan fingerprint density at radius 1 is 1.12 bits per heavy atom. The molecule has 1 saturated heterocycles. The quantitative estimate of drug-likeness (QED) is 0.277. The first kappa shape index (κ1) is 39.3. The molecule has 5 atom stereocenters. The zero-order chi connectivity index (χ0) is 40.3. The molecule has 304 valence electrons. The molecule has 1 aromatic carbocycles. The Morgan fingerprint density at radius 2 is 1.93 bits per heavy atom. The van der Waals surface area contributed by atoms with Gasteiger partial charge in [-0.1, -0.05) is 31.9 Å². The summed E-state index contributed by atoms with van der Waals surface area (Å²) in [4.78, 5) is 64.2. The number of methoxy groups -OCH3 is 1. The molecule has 1 spiro atoms. The number of benzene rings is 1. The number of carbonyl (C=O) groups is 4. The lowest BCUT2D eigenvalue weighted by atomic mass is 9.87. The van der Waals surface area contributed by atoms with E-state index in [-0.39, 0.29) is 25.3 Å². The summed E-state index contributed by atoms with van der Waals surface area (Å²) in [5.41, 5.74) is 1.06. The molecule has 3 N–H and O–H groups in total. The molecule has 15 heteroatoms. The number of hydrogen-bond acceptors (Lipinski definition) is 10. The summed E-state index contributed by atoms with van der Waals surface area (Å²) in [5, 5.41) is 8.79. The van der Waals surface area contributed by atoms with Crippen molar-refractivity contribution < 1.29 is 37.1 Å². The summed E-state index contributed by atoms with van der Waals surface area (Å²) < 4.78 is 40.3. The van der Waals surface area contributed by atoms with Crippen LogP contribution in [-0.4, -0.2) is 83.6 Å². The summed E-state index contributed by atoms with van der Waals surface area (Å²) in [6.07, 6.45) is 10.2. The van der Waals surface area contributed by atoms with Crippen LogP contribution in [0.5, 0.6) is 11.5 Å². The zero-order valence-corrected chi connectivity index (χ0v) is 34.6. The van der Waals surface area contributed by atoms with Gasteiger partial charge in [-0.25, -0.2) is 13.4 Å². The van der Waals surface area contributed by atoms with E-state index in [1.165, 1.54) is 16.2 Å². The highest BCUT2D eigenvalue weighted by Crippen LogP contribution is 2.49. The summed E-state index contributed by atoms with van der Waals surface area (Å²) in [6.45, 7) is 5.60. The van der Waals surface area contributed by atoms with Crippen molar-refractivity contribution in [2.75, 3.05) is 13.7 Å². The van der Waals surface area contributed by atoms with Gasteiger partial charge in [0.15, 0.2) is 0 Å². The lowest BCUT2D eigenvalue weighted by Gasteiger charge is -2.37. The molecule has 0 bridgehead atoms. The van der Waals surface area contributed by atoms with Crippen LogP contribution in [0, 0.1) is 12.8 Å². The average molecular weight is 818 g/mol. The van der Waals surface area contributed by atoms with Crippen LogP contribution in [0.15, 0.2) is 41.8 Å². The number of nitrogens with zero attached hydrogens (tertiary/aromatic N) is 2. The summed E-state index contributed by atoms with van der Waals surface area (Å²) >= 11 is 1.31. The smallest absolute Gasteiger partial charge is 0.262 e. The number of pyridine rings is 1. The van der Waals surface area contributed by atoms with Crippen LogP contribution >= 0.6 is 11.3 Å². The first-order chi connectivity index (χ1) is 27.2. The van der Waals surface area contributed by atoms with Crippen molar-refractivity contribution in [3.05, 3.63) is 63.5 Å². The van der Waals surface area contributed by atoms with E-state index in [2.05, 4.69) is 15.4 Å². The van der Waals surface area contributed by atoms with Crippen molar-refractivity contribution in [3.8, 4) is 11.5 Å². The molecule has 0 unspecified atom stereocenters. The fraction of sp³-hybridized carbons (Fsp3) is 0.548. The van der Waals surface area contributed by atoms with E-state index in [4.69, 9.17) is 14.5 Å². The maximum absolute atomic E-state index is 14.9. The van der Waals surface area contributed by atoms with Crippen LogP contribution in [0.3, 0.4) is 0 Å². The predicted molar refractivity (Wildman–Crippen MR) is 216 cm³/mol. The van der Waals surface area contributed by atoms with Gasteiger partial charge in [-0.15, -0.1) is 11.3 Å². The van der Waals surface area contributed by atoms with E-state index in [1.54, 1.807) is 20.1 Å². The van der Waals surface area contributed by atoms with Crippen molar-refractivity contribution in [2.45, 2.75) is 126 Å². The Hall–Kier alpha value is -4.50. The SMILES string of the molecule is CCc1nc2ccc(OC)cc2c2c1O[C@]1(CC2)C[C@H]2C(=O)N[C@]3(C(=O)NS(=O)(=O)C4(C)CC4)C[C@H]3C=CCCCCC[C@H](NC(=O)c3cc(C)cs3)C(=O)N2C1. The zero-order valence-electron chi connectivity index (χ0n) is 32.9. The van der Waals surface area contributed by atoms with E-state index in [1.807, 2.05) is 49.6 Å². The molecule has 57 heavy (non-hydrogen) atoms. The van der Waals surface area contributed by atoms with E-state index in [0.29, 0.717) is 67.7 Å². The number of aromatic nitrogens is 1. The second-order valence-corrected chi connectivity index (χ2v) is 19.9. The number of rotatable bonds is 7. The van der Waals surface area contributed by atoms with Crippen LogP contribution in [0.1, 0.15) is 105 Å². The second-order valence-electron chi connectivity index (χ2n) is 16.8. The highest BCUT2D eigenvalue weighted by atomic mass is 32.2. The molecule has 3 fully saturated rings. The minimum atomic E-state index is -3.99. The van der Waals surface area contributed by atoms with Gasteiger partial charge < -0.3 is 25.0 Å². The molecule has 0 radical (unpaired) electrons. The standard InChI is InChI=1S/C42H51N5O8S2/c1-5-30-35-28(29-20-27(54-4)13-14-31(29)43-30)15-16-41(55-35)22-33-36(48)45-42(39(51)46-57(52,53)40(3)17-18-40)21-26(42)11-9-7-6-8-10-12-32(38(50)47(33)24-41)44-37(49)34-19-25(2)23-56-34/h9,11,13-14,19-20,23,26,32-33H,5-8,10,12,15-18,21-22,24H2,1-4H3,(H,44,49)(H,45,48)(H,46,51)/t26-,32+,33+,41-,42-/m1/s1. The second kappa shape index (κ2) is 14.7. The molecule has 5 aliphatic rings. The molecule has 4 amide bonds. The average Bonchev–Trinajstić information content (AvgIpc) is 4.01. The number of carbonyl (C=O) groups excluding carboxylic acids is 4. The van der Waals surface area contributed by atoms with Crippen LogP contribution in [0.2, 0.25) is 0 Å². The van der Waals surface area contributed by atoms with Crippen molar-refractivity contribution in [2.24, 2.45) is 5.92 Å². The van der Waals surface area contributed by atoms with Gasteiger partial charge in [-0.3, -0.25) is 23.9 Å². The largest absolute Gasteiger partial charge is 0.497 e. The maximum atomic E-state index is 14.9. The lowest BCUT2D eigenvalue weighted by molar-refractivity contribution is -0.141. The minimum absolute atomic E-state index is 0.0718. The third-order valence-electron chi connectivity index (χ3n) is 12.7. The Bertz CT molecular complexity index is 2290. The van der Waals surface area contributed by atoms with Gasteiger partial charge in [-0.2, -0.15) is 0 Å². The van der Waals surface area contributed by atoms with Gasteiger partial charge in [0.2, 0.25) is 21.8 Å².